The Kier molecular flexibility index (Phi) is 4.57. The van der Waals surface area contributed by atoms with Crippen molar-refractivity contribution in [3.63, 3.8) is 0 Å². The molecule has 0 aliphatic carbocycles. The van der Waals surface area contributed by atoms with Gasteiger partial charge in [-0.15, -0.1) is 11.3 Å². The van der Waals surface area contributed by atoms with Gasteiger partial charge in [0.2, 0.25) is 0 Å². The Bertz CT molecular complexity index is 610. The molecule has 3 N–H and O–H groups in total. The molecule has 0 saturated heterocycles. The summed E-state index contributed by atoms with van der Waals surface area (Å²) >= 11 is 1.39. The number of thiazole rings is 1. The van der Waals surface area contributed by atoms with Crippen molar-refractivity contribution in [2.45, 2.75) is 20.3 Å². The Morgan fingerprint density at radius 1 is 1.50 bits per heavy atom. The van der Waals surface area contributed by atoms with Crippen molar-refractivity contribution < 1.29 is 9.53 Å². The van der Waals surface area contributed by atoms with Crippen LogP contribution in [-0.2, 0) is 0 Å². The number of aromatic nitrogens is 1. The first-order valence-corrected chi connectivity index (χ1v) is 7.24. The lowest BCUT2D eigenvalue weighted by atomic mass is 10.2. The third kappa shape index (κ3) is 3.48. The maximum atomic E-state index is 12.1. The van der Waals surface area contributed by atoms with Crippen molar-refractivity contribution in [3.8, 4) is 5.75 Å². The van der Waals surface area contributed by atoms with Crippen LogP contribution in [0.3, 0.4) is 0 Å². The molecule has 106 valence electrons. The van der Waals surface area contributed by atoms with E-state index in [4.69, 9.17) is 10.5 Å². The maximum absolute atomic E-state index is 12.1. The number of hydrogen-bond acceptors (Lipinski definition) is 5. The molecule has 5 nitrogen and oxygen atoms in total. The zero-order valence-corrected chi connectivity index (χ0v) is 12.3. The van der Waals surface area contributed by atoms with Gasteiger partial charge in [-0.25, -0.2) is 4.98 Å². The van der Waals surface area contributed by atoms with E-state index >= 15 is 0 Å². The smallest absolute Gasteiger partial charge is 0.257 e. The number of rotatable bonds is 5. The third-order valence-corrected chi connectivity index (χ3v) is 3.45. The molecule has 0 aliphatic rings. The number of hydrogen-bond donors (Lipinski definition) is 2. The van der Waals surface area contributed by atoms with Gasteiger partial charge in [0, 0.05) is 10.9 Å². The monoisotopic (exact) mass is 291 g/mol. The number of nitrogens with zero attached hydrogens (tertiary/aromatic N) is 1. The van der Waals surface area contributed by atoms with Gasteiger partial charge in [-0.3, -0.25) is 10.1 Å². The van der Waals surface area contributed by atoms with E-state index < -0.39 is 0 Å². The molecule has 6 heteroatoms. The van der Waals surface area contributed by atoms with E-state index in [1.807, 2.05) is 19.2 Å². The van der Waals surface area contributed by atoms with Gasteiger partial charge in [0.05, 0.1) is 18.0 Å². The minimum atomic E-state index is -0.229. The molecular formula is C14H17N3O2S. The molecule has 0 saturated carbocycles. The summed E-state index contributed by atoms with van der Waals surface area (Å²) in [5.74, 6) is 0.376. The number of aryl methyl sites for hydroxylation is 1. The summed E-state index contributed by atoms with van der Waals surface area (Å²) in [5, 5.41) is 5.20. The predicted octanol–water partition coefficient (Wildman–Crippen LogP) is 3.07. The van der Waals surface area contributed by atoms with E-state index in [1.165, 1.54) is 11.3 Å². The Labute approximate surface area is 121 Å². The van der Waals surface area contributed by atoms with Crippen LogP contribution in [0.1, 0.15) is 29.4 Å². The topological polar surface area (TPSA) is 77.2 Å². The molecule has 0 atom stereocenters. The van der Waals surface area contributed by atoms with Crippen molar-refractivity contribution in [2.75, 3.05) is 17.7 Å². The highest BCUT2D eigenvalue weighted by Crippen LogP contribution is 2.23. The van der Waals surface area contributed by atoms with Crippen LogP contribution in [0.5, 0.6) is 5.75 Å². The number of carbonyl (C=O) groups is 1. The van der Waals surface area contributed by atoms with Crippen LogP contribution in [0, 0.1) is 6.92 Å². The zero-order chi connectivity index (χ0) is 14.5. The van der Waals surface area contributed by atoms with Gasteiger partial charge in [0.15, 0.2) is 5.13 Å². The summed E-state index contributed by atoms with van der Waals surface area (Å²) in [6.07, 6.45) is 0.908. The van der Waals surface area contributed by atoms with Crippen LogP contribution >= 0.6 is 11.3 Å². The fraction of sp³-hybridized carbons (Fsp3) is 0.286. The maximum Gasteiger partial charge on any atom is 0.257 e. The number of nitrogens with one attached hydrogen (secondary N) is 1. The van der Waals surface area contributed by atoms with Crippen molar-refractivity contribution in [1.29, 1.82) is 0 Å². The molecule has 0 unspecified atom stereocenters. The fourth-order valence-electron chi connectivity index (χ4n) is 1.61. The molecule has 20 heavy (non-hydrogen) atoms. The molecule has 1 heterocycles. The minimum Gasteiger partial charge on any atom is -0.491 e. The first-order chi connectivity index (χ1) is 9.60. The average Bonchev–Trinajstić information content (AvgIpc) is 2.82. The van der Waals surface area contributed by atoms with Gasteiger partial charge >= 0.3 is 0 Å². The first-order valence-electron chi connectivity index (χ1n) is 6.36. The van der Waals surface area contributed by atoms with Crippen molar-refractivity contribution in [1.82, 2.24) is 4.98 Å². The Hall–Kier alpha value is -2.08. The summed E-state index contributed by atoms with van der Waals surface area (Å²) < 4.78 is 5.48. The molecule has 0 bridgehead atoms. The summed E-state index contributed by atoms with van der Waals surface area (Å²) in [6.45, 7) is 4.51. The predicted molar refractivity (Wildman–Crippen MR) is 81.4 cm³/mol. The van der Waals surface area contributed by atoms with E-state index in [0.717, 1.165) is 12.1 Å². The summed E-state index contributed by atoms with van der Waals surface area (Å²) in [4.78, 5) is 16.2. The van der Waals surface area contributed by atoms with Gasteiger partial charge in [0.1, 0.15) is 5.75 Å². The number of carbonyl (C=O) groups excluding carboxylic acids is 1. The average molecular weight is 291 g/mol. The van der Waals surface area contributed by atoms with Crippen LogP contribution in [0.4, 0.5) is 10.8 Å². The van der Waals surface area contributed by atoms with Crippen LogP contribution in [-0.4, -0.2) is 17.5 Å². The van der Waals surface area contributed by atoms with Crippen LogP contribution < -0.4 is 15.8 Å². The van der Waals surface area contributed by atoms with Gasteiger partial charge < -0.3 is 10.5 Å². The molecule has 0 spiro atoms. The number of ether oxygens (including phenoxy) is 1. The lowest BCUT2D eigenvalue weighted by molar-refractivity contribution is 0.102. The SMILES string of the molecule is CCCOc1ccc(C(=O)Nc2nc(C)cs2)cc1N. The summed E-state index contributed by atoms with van der Waals surface area (Å²) in [7, 11) is 0. The number of nitrogen functional groups attached to an aromatic ring is 1. The van der Waals surface area contributed by atoms with E-state index in [2.05, 4.69) is 10.3 Å². The number of anilines is 2. The Morgan fingerprint density at radius 2 is 2.30 bits per heavy atom. The lowest BCUT2D eigenvalue weighted by Crippen LogP contribution is -2.12. The second-order valence-electron chi connectivity index (χ2n) is 4.35. The van der Waals surface area contributed by atoms with E-state index in [-0.39, 0.29) is 5.91 Å². The molecule has 2 aromatic rings. The molecule has 0 aliphatic heterocycles. The molecule has 0 fully saturated rings. The number of benzene rings is 1. The Balaban J connectivity index is 2.08. The van der Waals surface area contributed by atoms with E-state index in [0.29, 0.717) is 28.7 Å². The van der Waals surface area contributed by atoms with Crippen LogP contribution in [0.15, 0.2) is 23.6 Å². The summed E-state index contributed by atoms with van der Waals surface area (Å²) in [5.41, 5.74) is 7.71. The molecule has 1 aromatic carbocycles. The fourth-order valence-corrected chi connectivity index (χ4v) is 2.30. The largest absolute Gasteiger partial charge is 0.491 e. The lowest BCUT2D eigenvalue weighted by Gasteiger charge is -2.09. The second-order valence-corrected chi connectivity index (χ2v) is 5.21. The molecule has 1 amide bonds. The summed E-state index contributed by atoms with van der Waals surface area (Å²) in [6, 6.07) is 5.02. The van der Waals surface area contributed by atoms with Crippen LogP contribution in [0.2, 0.25) is 0 Å². The molecular weight excluding hydrogens is 274 g/mol. The van der Waals surface area contributed by atoms with Gasteiger partial charge in [-0.1, -0.05) is 6.92 Å². The van der Waals surface area contributed by atoms with Crippen molar-refractivity contribution in [3.05, 3.63) is 34.8 Å². The van der Waals surface area contributed by atoms with Gasteiger partial charge in [-0.05, 0) is 31.5 Å². The van der Waals surface area contributed by atoms with E-state index in [1.54, 1.807) is 18.2 Å². The van der Waals surface area contributed by atoms with Crippen LogP contribution in [0.25, 0.3) is 0 Å². The Morgan fingerprint density at radius 3 is 2.90 bits per heavy atom. The van der Waals surface area contributed by atoms with Crippen molar-refractivity contribution >= 4 is 28.1 Å². The van der Waals surface area contributed by atoms with E-state index in [9.17, 15) is 4.79 Å². The second kappa shape index (κ2) is 6.38. The highest BCUT2D eigenvalue weighted by atomic mass is 32.1. The first kappa shape index (κ1) is 14.3. The third-order valence-electron chi connectivity index (χ3n) is 2.57. The van der Waals surface area contributed by atoms with Crippen molar-refractivity contribution in [2.24, 2.45) is 0 Å². The quantitative estimate of drug-likeness (QED) is 0.830. The normalized spacial score (nSPS) is 10.3. The number of amides is 1. The molecule has 2 rings (SSSR count). The van der Waals surface area contributed by atoms with Gasteiger partial charge in [-0.2, -0.15) is 0 Å². The minimum absolute atomic E-state index is 0.229. The number of nitrogens with two attached hydrogens (primary N) is 1. The zero-order valence-electron chi connectivity index (χ0n) is 11.5. The standard InChI is InChI=1S/C14H17N3O2S/c1-3-6-19-12-5-4-10(7-11(12)15)13(18)17-14-16-9(2)8-20-14/h4-5,7-8H,3,6,15H2,1-2H3,(H,16,17,18). The molecule has 1 aromatic heterocycles. The highest BCUT2D eigenvalue weighted by Gasteiger charge is 2.10. The van der Waals surface area contributed by atoms with Gasteiger partial charge in [0.25, 0.3) is 5.91 Å². The highest BCUT2D eigenvalue weighted by molar-refractivity contribution is 7.13. The molecule has 0 radical (unpaired) electrons.